The molecule has 94 valence electrons. The van der Waals surface area contributed by atoms with Crippen molar-refractivity contribution in [3.8, 4) is 0 Å². The highest BCUT2D eigenvalue weighted by Gasteiger charge is 2.10. The summed E-state index contributed by atoms with van der Waals surface area (Å²) in [6, 6.07) is 5.81. The van der Waals surface area contributed by atoms with E-state index in [2.05, 4.69) is 34.7 Å². The minimum absolute atomic E-state index is 0.115. The molecule has 0 aliphatic heterocycles. The molecule has 0 aromatic heterocycles. The average Bonchev–Trinajstić information content (AvgIpc) is 2.25. The molecule has 0 atom stereocenters. The first-order valence-electron chi connectivity index (χ1n) is 5.77. The minimum Gasteiger partial charge on any atom is -0.384 e. The van der Waals surface area contributed by atoms with E-state index in [1.807, 2.05) is 25.2 Å². The number of halogens is 1. The first-order valence-corrected chi connectivity index (χ1v) is 6.56. The quantitative estimate of drug-likeness (QED) is 0.648. The molecular formula is C13H20BrN3. The number of nitrogen functional groups attached to an aromatic ring is 1. The molecule has 1 aromatic carbocycles. The fourth-order valence-corrected chi connectivity index (χ4v) is 1.97. The predicted octanol–water partition coefficient (Wildman–Crippen LogP) is 3.22. The smallest absolute Gasteiger partial charge is 0.124 e. The topological polar surface area (TPSA) is 53.1 Å². The highest BCUT2D eigenvalue weighted by molar-refractivity contribution is 9.10. The average molecular weight is 298 g/mol. The van der Waals surface area contributed by atoms with E-state index >= 15 is 0 Å². The Morgan fingerprint density at radius 3 is 2.65 bits per heavy atom. The van der Waals surface area contributed by atoms with Crippen molar-refractivity contribution in [3.05, 3.63) is 28.2 Å². The number of hydrogen-bond donors (Lipinski definition) is 2. The Morgan fingerprint density at radius 2 is 2.12 bits per heavy atom. The highest BCUT2D eigenvalue weighted by Crippen LogP contribution is 2.24. The Bertz CT molecular complexity index is 402. The van der Waals surface area contributed by atoms with Crippen LogP contribution in [0.15, 0.2) is 22.7 Å². The van der Waals surface area contributed by atoms with Crippen LogP contribution in [0.25, 0.3) is 0 Å². The number of amidine groups is 1. The van der Waals surface area contributed by atoms with Crippen LogP contribution in [0.1, 0.15) is 25.8 Å². The van der Waals surface area contributed by atoms with Gasteiger partial charge in [0.1, 0.15) is 5.84 Å². The zero-order valence-corrected chi connectivity index (χ0v) is 12.2. The zero-order valence-electron chi connectivity index (χ0n) is 10.6. The summed E-state index contributed by atoms with van der Waals surface area (Å²) in [5.41, 5.74) is 7.40. The number of nitrogens with one attached hydrogen (secondary N) is 1. The van der Waals surface area contributed by atoms with Crippen molar-refractivity contribution in [2.75, 3.05) is 18.5 Å². The summed E-state index contributed by atoms with van der Waals surface area (Å²) in [5, 5.41) is 7.59. The summed E-state index contributed by atoms with van der Waals surface area (Å²) in [6.45, 7) is 5.38. The Kier molecular flexibility index (Phi) is 5.00. The summed E-state index contributed by atoms with van der Waals surface area (Å²) in [6.07, 6.45) is 1.13. The Morgan fingerprint density at radius 1 is 1.47 bits per heavy atom. The van der Waals surface area contributed by atoms with Gasteiger partial charge in [0.15, 0.2) is 0 Å². The lowest BCUT2D eigenvalue weighted by Gasteiger charge is -2.23. The van der Waals surface area contributed by atoms with Gasteiger partial charge in [0.25, 0.3) is 0 Å². The van der Waals surface area contributed by atoms with Crippen molar-refractivity contribution in [1.29, 1.82) is 5.41 Å². The van der Waals surface area contributed by atoms with E-state index in [-0.39, 0.29) is 5.84 Å². The normalized spacial score (nSPS) is 10.6. The molecule has 3 nitrogen and oxygen atoms in total. The van der Waals surface area contributed by atoms with Gasteiger partial charge >= 0.3 is 0 Å². The number of anilines is 1. The SMILES string of the molecule is CC(C)CCN(C)c1cc(Br)ccc1C(=N)N. The predicted molar refractivity (Wildman–Crippen MR) is 77.9 cm³/mol. The first-order chi connectivity index (χ1) is 7.91. The summed E-state index contributed by atoms with van der Waals surface area (Å²) >= 11 is 3.46. The standard InChI is InChI=1S/C13H20BrN3/c1-9(2)6-7-17(3)12-8-10(14)4-5-11(12)13(15)16/h4-5,8-9H,6-7H2,1-3H3,(H3,15,16). The largest absolute Gasteiger partial charge is 0.384 e. The van der Waals surface area contributed by atoms with Gasteiger partial charge in [0.05, 0.1) is 0 Å². The maximum atomic E-state index is 7.59. The van der Waals surface area contributed by atoms with Crippen LogP contribution in [0.2, 0.25) is 0 Å². The molecule has 0 fully saturated rings. The van der Waals surface area contributed by atoms with Gasteiger partial charge in [-0.2, -0.15) is 0 Å². The van der Waals surface area contributed by atoms with E-state index in [1.54, 1.807) is 0 Å². The second-order valence-electron chi connectivity index (χ2n) is 4.68. The molecular weight excluding hydrogens is 278 g/mol. The van der Waals surface area contributed by atoms with Gasteiger partial charge in [0.2, 0.25) is 0 Å². The second kappa shape index (κ2) is 6.05. The monoisotopic (exact) mass is 297 g/mol. The molecule has 0 saturated carbocycles. The second-order valence-corrected chi connectivity index (χ2v) is 5.59. The molecule has 0 heterocycles. The van der Waals surface area contributed by atoms with E-state index in [4.69, 9.17) is 11.1 Å². The van der Waals surface area contributed by atoms with E-state index in [9.17, 15) is 0 Å². The summed E-state index contributed by atoms with van der Waals surface area (Å²) < 4.78 is 1.01. The third kappa shape index (κ3) is 4.04. The molecule has 0 radical (unpaired) electrons. The van der Waals surface area contributed by atoms with Gasteiger partial charge in [-0.15, -0.1) is 0 Å². The lowest BCUT2D eigenvalue weighted by Crippen LogP contribution is -2.24. The maximum Gasteiger partial charge on any atom is 0.124 e. The van der Waals surface area contributed by atoms with Crippen LogP contribution in [-0.4, -0.2) is 19.4 Å². The molecule has 3 N–H and O–H groups in total. The lowest BCUT2D eigenvalue weighted by atomic mass is 10.1. The van der Waals surface area contributed by atoms with Crippen LogP contribution in [0.5, 0.6) is 0 Å². The molecule has 0 aliphatic rings. The molecule has 1 rings (SSSR count). The Labute approximate surface area is 112 Å². The molecule has 0 bridgehead atoms. The van der Waals surface area contributed by atoms with Crippen LogP contribution in [0.4, 0.5) is 5.69 Å². The van der Waals surface area contributed by atoms with E-state index in [0.717, 1.165) is 28.7 Å². The summed E-state index contributed by atoms with van der Waals surface area (Å²) in [7, 11) is 2.04. The minimum atomic E-state index is 0.115. The van der Waals surface area contributed by atoms with Gasteiger partial charge in [-0.3, -0.25) is 5.41 Å². The molecule has 0 spiro atoms. The fraction of sp³-hybridized carbons (Fsp3) is 0.462. The van der Waals surface area contributed by atoms with Crippen LogP contribution >= 0.6 is 15.9 Å². The zero-order chi connectivity index (χ0) is 13.0. The Balaban J connectivity index is 2.94. The number of benzene rings is 1. The summed E-state index contributed by atoms with van der Waals surface area (Å²) in [5.74, 6) is 0.786. The van der Waals surface area contributed by atoms with E-state index in [1.165, 1.54) is 0 Å². The molecule has 1 aromatic rings. The van der Waals surface area contributed by atoms with Crippen molar-refractivity contribution >= 4 is 27.5 Å². The van der Waals surface area contributed by atoms with Gasteiger partial charge in [0, 0.05) is 29.3 Å². The van der Waals surface area contributed by atoms with Gasteiger partial charge < -0.3 is 10.6 Å². The first kappa shape index (κ1) is 14.0. The van der Waals surface area contributed by atoms with Crippen molar-refractivity contribution in [2.24, 2.45) is 11.7 Å². The van der Waals surface area contributed by atoms with Gasteiger partial charge in [-0.05, 0) is 30.5 Å². The molecule has 0 amide bonds. The van der Waals surface area contributed by atoms with Crippen molar-refractivity contribution < 1.29 is 0 Å². The molecule has 17 heavy (non-hydrogen) atoms. The van der Waals surface area contributed by atoms with Crippen molar-refractivity contribution in [1.82, 2.24) is 0 Å². The number of nitrogens with two attached hydrogens (primary N) is 1. The van der Waals surface area contributed by atoms with Crippen LogP contribution in [-0.2, 0) is 0 Å². The number of nitrogens with zero attached hydrogens (tertiary/aromatic N) is 1. The Hall–Kier alpha value is -1.03. The van der Waals surface area contributed by atoms with Crippen LogP contribution < -0.4 is 10.6 Å². The summed E-state index contributed by atoms with van der Waals surface area (Å²) in [4.78, 5) is 2.15. The van der Waals surface area contributed by atoms with Crippen LogP contribution in [0.3, 0.4) is 0 Å². The third-order valence-corrected chi connectivity index (χ3v) is 3.20. The van der Waals surface area contributed by atoms with Crippen LogP contribution in [0, 0.1) is 11.3 Å². The number of rotatable bonds is 5. The molecule has 0 aliphatic carbocycles. The van der Waals surface area contributed by atoms with Gasteiger partial charge in [-0.25, -0.2) is 0 Å². The fourth-order valence-electron chi connectivity index (χ4n) is 1.62. The van der Waals surface area contributed by atoms with Crippen molar-refractivity contribution in [2.45, 2.75) is 20.3 Å². The molecule has 0 unspecified atom stereocenters. The lowest BCUT2D eigenvalue weighted by molar-refractivity contribution is 0.585. The van der Waals surface area contributed by atoms with E-state index < -0.39 is 0 Å². The number of hydrogen-bond acceptors (Lipinski definition) is 2. The third-order valence-electron chi connectivity index (χ3n) is 2.70. The highest BCUT2D eigenvalue weighted by atomic mass is 79.9. The van der Waals surface area contributed by atoms with E-state index in [0.29, 0.717) is 5.92 Å². The maximum absolute atomic E-state index is 7.59. The molecule has 4 heteroatoms. The molecule has 0 saturated heterocycles. The van der Waals surface area contributed by atoms with Gasteiger partial charge in [-0.1, -0.05) is 29.8 Å². The van der Waals surface area contributed by atoms with Crippen molar-refractivity contribution in [3.63, 3.8) is 0 Å².